The Labute approximate surface area is 148 Å². The number of ether oxygens (including phenoxy) is 1. The Bertz CT molecular complexity index is 950. The molecule has 3 N–H and O–H groups in total. The molecule has 0 fully saturated rings. The van der Waals surface area contributed by atoms with Crippen molar-refractivity contribution in [3.63, 3.8) is 0 Å². The summed E-state index contributed by atoms with van der Waals surface area (Å²) in [5.41, 5.74) is 7.76. The molecule has 0 unspecified atom stereocenters. The second-order valence-electron chi connectivity index (χ2n) is 5.29. The number of amides is 2. The summed E-state index contributed by atoms with van der Waals surface area (Å²) in [4.78, 5) is 22.6. The predicted octanol–water partition coefficient (Wildman–Crippen LogP) is 2.63. The van der Waals surface area contributed by atoms with E-state index in [-0.39, 0.29) is 6.61 Å². The van der Waals surface area contributed by atoms with Crippen LogP contribution >= 0.6 is 11.6 Å². The fourth-order valence-corrected chi connectivity index (χ4v) is 2.57. The van der Waals surface area contributed by atoms with Crippen LogP contribution in [0.3, 0.4) is 0 Å². The van der Waals surface area contributed by atoms with Crippen LogP contribution in [-0.4, -0.2) is 28.8 Å². The zero-order valence-corrected chi connectivity index (χ0v) is 14.1. The predicted molar refractivity (Wildman–Crippen MR) is 93.8 cm³/mol. The van der Waals surface area contributed by atoms with Gasteiger partial charge in [0.2, 0.25) is 0 Å². The van der Waals surface area contributed by atoms with E-state index in [0.717, 1.165) is 11.3 Å². The van der Waals surface area contributed by atoms with Gasteiger partial charge in [-0.25, -0.2) is 9.48 Å². The first kappa shape index (κ1) is 16.8. The molecule has 128 valence electrons. The molecule has 0 saturated carbocycles. The van der Waals surface area contributed by atoms with Crippen LogP contribution in [-0.2, 0) is 11.3 Å². The Balaban J connectivity index is 1.91. The van der Waals surface area contributed by atoms with Crippen molar-refractivity contribution in [1.82, 2.24) is 15.1 Å². The largest absolute Gasteiger partial charge is 0.445 e. The molecule has 1 heterocycles. The van der Waals surface area contributed by atoms with Crippen LogP contribution < -0.4 is 11.1 Å². The molecule has 3 aromatic rings. The highest BCUT2D eigenvalue weighted by Crippen LogP contribution is 2.26. The summed E-state index contributed by atoms with van der Waals surface area (Å²) < 4.78 is 6.60. The summed E-state index contributed by atoms with van der Waals surface area (Å²) in [5.74, 6) is -0.561. The fourth-order valence-electron chi connectivity index (χ4n) is 2.37. The smallest absolute Gasteiger partial charge is 0.407 e. The molecule has 25 heavy (non-hydrogen) atoms. The molecule has 0 aliphatic carbocycles. The molecule has 7 nitrogen and oxygen atoms in total. The van der Waals surface area contributed by atoms with E-state index in [1.54, 1.807) is 23.0 Å². The fraction of sp³-hybridized carbons (Fsp3) is 0.118. The number of aromatic nitrogens is 2. The van der Waals surface area contributed by atoms with E-state index in [1.165, 1.54) is 7.05 Å². The van der Waals surface area contributed by atoms with E-state index < -0.39 is 12.0 Å². The van der Waals surface area contributed by atoms with Crippen molar-refractivity contribution in [2.75, 3.05) is 7.05 Å². The average molecular weight is 359 g/mol. The van der Waals surface area contributed by atoms with Gasteiger partial charge in [-0.3, -0.25) is 4.79 Å². The first-order valence-electron chi connectivity index (χ1n) is 7.41. The molecule has 0 radical (unpaired) electrons. The molecule has 3 rings (SSSR count). The molecule has 2 amide bonds. The Morgan fingerprint density at radius 1 is 1.24 bits per heavy atom. The maximum absolute atomic E-state index is 11.6. The molecule has 0 saturated heterocycles. The number of nitrogens with one attached hydrogen (secondary N) is 1. The summed E-state index contributed by atoms with van der Waals surface area (Å²) >= 11 is 6.18. The van der Waals surface area contributed by atoms with E-state index in [2.05, 4.69) is 10.4 Å². The number of rotatable bonds is 4. The number of carbonyl (C=O) groups excluding carboxylic acids is 2. The van der Waals surface area contributed by atoms with E-state index >= 15 is 0 Å². The van der Waals surface area contributed by atoms with Gasteiger partial charge in [0.25, 0.3) is 5.91 Å². The molecule has 0 bridgehead atoms. The summed E-state index contributed by atoms with van der Waals surface area (Å²) in [5, 5.41) is 7.93. The summed E-state index contributed by atoms with van der Waals surface area (Å²) in [6.07, 6.45) is 1.25. The average Bonchev–Trinajstić information content (AvgIpc) is 3.06. The molecule has 1 aromatic heterocycles. The van der Waals surface area contributed by atoms with Gasteiger partial charge in [0.05, 0.1) is 16.3 Å². The van der Waals surface area contributed by atoms with Crippen molar-refractivity contribution in [3.8, 4) is 5.69 Å². The van der Waals surface area contributed by atoms with Gasteiger partial charge in [0, 0.05) is 18.6 Å². The number of benzene rings is 2. The highest BCUT2D eigenvalue weighted by molar-refractivity contribution is 6.36. The number of fused-ring (bicyclic) bond motifs is 1. The lowest BCUT2D eigenvalue weighted by molar-refractivity contribution is 0.100. The molecule has 2 aromatic carbocycles. The number of nitrogens with zero attached hydrogens (tertiary/aromatic N) is 2. The highest BCUT2D eigenvalue weighted by atomic mass is 35.5. The Kier molecular flexibility index (Phi) is 4.58. The topological polar surface area (TPSA) is 99.2 Å². The van der Waals surface area contributed by atoms with Gasteiger partial charge in [-0.05, 0) is 29.8 Å². The third-order valence-corrected chi connectivity index (χ3v) is 3.99. The van der Waals surface area contributed by atoms with Crippen LogP contribution in [0.25, 0.3) is 16.6 Å². The molecule has 0 aliphatic rings. The SMILES string of the molecule is CNC(=O)OCc1ccc(-n2cc3c(Cl)ccc(C(N)=O)c3n2)cc1. The first-order chi connectivity index (χ1) is 12.0. The minimum atomic E-state index is -0.561. The number of alkyl carbamates (subject to hydrolysis) is 1. The van der Waals surface area contributed by atoms with Crippen molar-refractivity contribution < 1.29 is 14.3 Å². The van der Waals surface area contributed by atoms with Gasteiger partial charge in [0.15, 0.2) is 0 Å². The third-order valence-electron chi connectivity index (χ3n) is 3.66. The van der Waals surface area contributed by atoms with E-state index in [0.29, 0.717) is 21.5 Å². The minimum Gasteiger partial charge on any atom is -0.445 e. The van der Waals surface area contributed by atoms with Crippen LogP contribution in [0.15, 0.2) is 42.6 Å². The number of hydrogen-bond acceptors (Lipinski definition) is 4. The lowest BCUT2D eigenvalue weighted by Crippen LogP contribution is -2.18. The minimum absolute atomic E-state index is 0.165. The number of primary amides is 1. The van der Waals surface area contributed by atoms with Gasteiger partial charge in [-0.15, -0.1) is 0 Å². The molecule has 0 atom stereocenters. The van der Waals surface area contributed by atoms with Crippen molar-refractivity contribution in [3.05, 3.63) is 58.7 Å². The van der Waals surface area contributed by atoms with Crippen LogP contribution in [0.4, 0.5) is 4.79 Å². The van der Waals surface area contributed by atoms with Gasteiger partial charge in [-0.2, -0.15) is 5.10 Å². The Hall–Kier alpha value is -3.06. The number of hydrogen-bond donors (Lipinski definition) is 2. The summed E-state index contributed by atoms with van der Waals surface area (Å²) in [6.45, 7) is 0.165. The zero-order valence-electron chi connectivity index (χ0n) is 13.3. The lowest BCUT2D eigenvalue weighted by Gasteiger charge is -2.05. The van der Waals surface area contributed by atoms with Crippen LogP contribution in [0, 0.1) is 0 Å². The quantitative estimate of drug-likeness (QED) is 0.748. The Morgan fingerprint density at radius 2 is 1.96 bits per heavy atom. The monoisotopic (exact) mass is 358 g/mol. The summed E-state index contributed by atoms with van der Waals surface area (Å²) in [6, 6.07) is 10.5. The van der Waals surface area contributed by atoms with Crippen molar-refractivity contribution in [1.29, 1.82) is 0 Å². The third kappa shape index (κ3) is 3.41. The molecule has 0 aliphatic heterocycles. The maximum Gasteiger partial charge on any atom is 0.407 e. The Morgan fingerprint density at radius 3 is 2.60 bits per heavy atom. The van der Waals surface area contributed by atoms with Gasteiger partial charge >= 0.3 is 6.09 Å². The summed E-state index contributed by atoms with van der Waals surface area (Å²) in [7, 11) is 1.50. The van der Waals surface area contributed by atoms with E-state index in [4.69, 9.17) is 22.1 Å². The van der Waals surface area contributed by atoms with Gasteiger partial charge in [-0.1, -0.05) is 23.7 Å². The van der Waals surface area contributed by atoms with Crippen LogP contribution in [0.2, 0.25) is 5.02 Å². The number of carbonyl (C=O) groups is 2. The normalized spacial score (nSPS) is 10.6. The second kappa shape index (κ2) is 6.82. The van der Waals surface area contributed by atoms with Crippen molar-refractivity contribution in [2.45, 2.75) is 6.61 Å². The van der Waals surface area contributed by atoms with E-state index in [1.807, 2.05) is 24.3 Å². The molecular weight excluding hydrogens is 344 g/mol. The lowest BCUT2D eigenvalue weighted by atomic mass is 10.1. The van der Waals surface area contributed by atoms with Crippen molar-refractivity contribution in [2.24, 2.45) is 5.73 Å². The first-order valence-corrected chi connectivity index (χ1v) is 7.79. The van der Waals surface area contributed by atoms with Gasteiger partial charge < -0.3 is 15.8 Å². The van der Waals surface area contributed by atoms with Gasteiger partial charge in [0.1, 0.15) is 12.1 Å². The number of halogens is 1. The standard InChI is InChI=1S/C17H15ClN4O3/c1-20-17(24)25-9-10-2-4-11(5-3-10)22-8-13-14(18)7-6-12(16(19)23)15(13)21-22/h2-8H,9H2,1H3,(H2,19,23)(H,20,24). The second-order valence-corrected chi connectivity index (χ2v) is 5.69. The zero-order chi connectivity index (χ0) is 18.0. The molecular formula is C17H15ClN4O3. The van der Waals surface area contributed by atoms with E-state index in [9.17, 15) is 9.59 Å². The maximum atomic E-state index is 11.6. The highest BCUT2D eigenvalue weighted by Gasteiger charge is 2.14. The van der Waals surface area contributed by atoms with Crippen molar-refractivity contribution >= 4 is 34.5 Å². The molecule has 8 heteroatoms. The van der Waals surface area contributed by atoms with Crippen LogP contribution in [0.1, 0.15) is 15.9 Å². The molecule has 0 spiro atoms. The van der Waals surface area contributed by atoms with Crippen LogP contribution in [0.5, 0.6) is 0 Å². The number of nitrogens with two attached hydrogens (primary N) is 1.